The molecule has 0 bridgehead atoms. The number of halogens is 2. The van der Waals surface area contributed by atoms with Crippen LogP contribution in [0.2, 0.25) is 10.0 Å². The van der Waals surface area contributed by atoms with Crippen molar-refractivity contribution in [3.63, 3.8) is 0 Å². The molecule has 106 valence electrons. The van der Waals surface area contributed by atoms with Crippen molar-refractivity contribution in [1.29, 1.82) is 0 Å². The van der Waals surface area contributed by atoms with Crippen molar-refractivity contribution >= 4 is 34.6 Å². The number of hydrazine groups is 2. The Morgan fingerprint density at radius 2 is 1.86 bits per heavy atom. The molecule has 0 amide bonds. The Balaban J connectivity index is 1.73. The molecule has 2 aliphatic rings. The van der Waals surface area contributed by atoms with Crippen LogP contribution in [0.1, 0.15) is 11.1 Å². The molecule has 4 rings (SSSR count). The molecule has 2 aromatic rings. The van der Waals surface area contributed by atoms with Gasteiger partial charge in [-0.15, -0.1) is 5.53 Å². The van der Waals surface area contributed by atoms with Gasteiger partial charge in [-0.25, -0.2) is 0 Å². The lowest BCUT2D eigenvalue weighted by Gasteiger charge is -2.29. The molecule has 0 fully saturated rings. The first-order valence-electron chi connectivity index (χ1n) is 6.80. The first-order chi connectivity index (χ1) is 10.2. The molecule has 3 nitrogen and oxygen atoms in total. The number of anilines is 1. The third kappa shape index (κ3) is 2.18. The topological polar surface area (TPSA) is 18.5 Å². The van der Waals surface area contributed by atoms with Gasteiger partial charge in [0.25, 0.3) is 0 Å². The van der Waals surface area contributed by atoms with E-state index < -0.39 is 0 Å². The molecular formula is C16H13Cl2N3. The van der Waals surface area contributed by atoms with E-state index in [1.807, 2.05) is 23.2 Å². The predicted molar refractivity (Wildman–Crippen MR) is 86.9 cm³/mol. The van der Waals surface area contributed by atoms with Crippen molar-refractivity contribution in [1.82, 2.24) is 10.5 Å². The molecule has 0 unspecified atom stereocenters. The van der Waals surface area contributed by atoms with Crippen LogP contribution in [-0.2, 0) is 6.42 Å². The van der Waals surface area contributed by atoms with Crippen molar-refractivity contribution in [3.05, 3.63) is 69.8 Å². The van der Waals surface area contributed by atoms with Crippen molar-refractivity contribution in [2.45, 2.75) is 6.42 Å². The summed E-state index contributed by atoms with van der Waals surface area (Å²) in [5, 5.41) is 5.25. The molecule has 0 spiro atoms. The zero-order chi connectivity index (χ0) is 14.4. The minimum absolute atomic E-state index is 0.555. The predicted octanol–water partition coefficient (Wildman–Crippen LogP) is 4.09. The Kier molecular flexibility index (Phi) is 3.07. The van der Waals surface area contributed by atoms with Crippen molar-refractivity contribution in [2.24, 2.45) is 0 Å². The number of hydrogen-bond acceptors (Lipinski definition) is 3. The monoisotopic (exact) mass is 317 g/mol. The summed E-state index contributed by atoms with van der Waals surface area (Å²) in [5.74, 6) is 0. The van der Waals surface area contributed by atoms with Gasteiger partial charge in [0.2, 0.25) is 0 Å². The Morgan fingerprint density at radius 1 is 1.00 bits per heavy atom. The highest BCUT2D eigenvalue weighted by Crippen LogP contribution is 2.34. The molecule has 0 atom stereocenters. The third-order valence-corrected chi connectivity index (χ3v) is 4.59. The van der Waals surface area contributed by atoms with Crippen LogP contribution < -0.4 is 10.5 Å². The van der Waals surface area contributed by atoms with Gasteiger partial charge in [-0.05, 0) is 30.2 Å². The zero-order valence-corrected chi connectivity index (χ0v) is 12.7. The summed E-state index contributed by atoms with van der Waals surface area (Å²) in [4.78, 5) is 0. The van der Waals surface area contributed by atoms with E-state index in [1.165, 1.54) is 16.8 Å². The second-order valence-corrected chi connectivity index (χ2v) is 5.96. The highest BCUT2D eigenvalue weighted by molar-refractivity contribution is 6.42. The number of hydrogen-bond donors (Lipinski definition) is 1. The molecule has 2 aromatic carbocycles. The van der Waals surface area contributed by atoms with Crippen LogP contribution in [0, 0.1) is 0 Å². The maximum Gasteiger partial charge on any atom is 0.0791 e. The number of benzene rings is 2. The summed E-state index contributed by atoms with van der Waals surface area (Å²) in [6.07, 6.45) is 3.13. The molecule has 21 heavy (non-hydrogen) atoms. The summed E-state index contributed by atoms with van der Waals surface area (Å²) in [7, 11) is 0. The lowest BCUT2D eigenvalue weighted by Crippen LogP contribution is -2.42. The average molecular weight is 318 g/mol. The highest BCUT2D eigenvalue weighted by Gasteiger charge is 2.27. The average Bonchev–Trinajstić information content (AvgIpc) is 2.94. The zero-order valence-electron chi connectivity index (χ0n) is 11.2. The molecule has 0 radical (unpaired) electrons. The quantitative estimate of drug-likeness (QED) is 0.854. The Morgan fingerprint density at radius 3 is 2.71 bits per heavy atom. The van der Waals surface area contributed by atoms with Gasteiger partial charge in [0.05, 0.1) is 21.4 Å². The maximum atomic E-state index is 6.11. The van der Waals surface area contributed by atoms with Gasteiger partial charge in [-0.3, -0.25) is 10.0 Å². The summed E-state index contributed by atoms with van der Waals surface area (Å²) in [6.45, 7) is 0.945. The molecule has 2 aliphatic heterocycles. The molecule has 5 heteroatoms. The van der Waals surface area contributed by atoms with Crippen LogP contribution in [0.25, 0.3) is 5.70 Å². The lowest BCUT2D eigenvalue weighted by molar-refractivity contribution is 0.307. The summed E-state index contributed by atoms with van der Waals surface area (Å²) in [5.41, 5.74) is 8.18. The molecule has 0 saturated heterocycles. The first-order valence-corrected chi connectivity index (χ1v) is 7.56. The van der Waals surface area contributed by atoms with Gasteiger partial charge in [0.15, 0.2) is 0 Å². The molecule has 1 N–H and O–H groups in total. The summed E-state index contributed by atoms with van der Waals surface area (Å²) >= 11 is 12.1. The number of rotatable bonds is 1. The summed E-state index contributed by atoms with van der Waals surface area (Å²) in [6, 6.07) is 14.1. The normalized spacial score (nSPS) is 16.6. The van der Waals surface area contributed by atoms with Gasteiger partial charge < -0.3 is 0 Å². The molecule has 0 saturated carbocycles. The molecular weight excluding hydrogens is 305 g/mol. The van der Waals surface area contributed by atoms with E-state index in [9.17, 15) is 0 Å². The second kappa shape index (κ2) is 4.95. The summed E-state index contributed by atoms with van der Waals surface area (Å²) < 4.78 is 0. The standard InChI is InChI=1S/C16H13Cl2N3/c17-14-6-5-12(9-15(14)18)21-10-16-13-4-2-1-3-11(13)7-8-20(16)19-21/h1-6,9-10,19H,7-8H2. The largest absolute Gasteiger partial charge is 0.288 e. The molecule has 2 heterocycles. The van der Waals surface area contributed by atoms with Gasteiger partial charge in [-0.2, -0.15) is 0 Å². The van der Waals surface area contributed by atoms with Crippen LogP contribution >= 0.6 is 23.2 Å². The fourth-order valence-electron chi connectivity index (χ4n) is 2.78. The van der Waals surface area contributed by atoms with Gasteiger partial charge in [0.1, 0.15) is 0 Å². The van der Waals surface area contributed by atoms with E-state index in [1.54, 1.807) is 0 Å². The van der Waals surface area contributed by atoms with Gasteiger partial charge in [0, 0.05) is 18.3 Å². The Labute approximate surface area is 133 Å². The van der Waals surface area contributed by atoms with Crippen LogP contribution in [0.4, 0.5) is 5.69 Å². The fraction of sp³-hybridized carbons (Fsp3) is 0.125. The van der Waals surface area contributed by atoms with E-state index in [0.717, 1.165) is 18.7 Å². The maximum absolute atomic E-state index is 6.11. The van der Waals surface area contributed by atoms with Gasteiger partial charge >= 0.3 is 0 Å². The first kappa shape index (κ1) is 13.0. The number of fused-ring (bicyclic) bond motifs is 3. The Bertz CT molecular complexity index is 742. The Hall–Kier alpha value is -1.68. The minimum atomic E-state index is 0.555. The van der Waals surface area contributed by atoms with E-state index in [4.69, 9.17) is 23.2 Å². The third-order valence-electron chi connectivity index (χ3n) is 3.85. The SMILES string of the molecule is Clc1ccc(N2C=C3c4ccccc4CCN3N2)cc1Cl. The highest BCUT2D eigenvalue weighted by atomic mass is 35.5. The lowest BCUT2D eigenvalue weighted by atomic mass is 9.98. The molecule has 0 aliphatic carbocycles. The van der Waals surface area contributed by atoms with Crippen molar-refractivity contribution in [2.75, 3.05) is 11.6 Å². The smallest absolute Gasteiger partial charge is 0.0791 e. The van der Waals surface area contributed by atoms with Crippen LogP contribution in [0.3, 0.4) is 0 Å². The van der Waals surface area contributed by atoms with Crippen LogP contribution in [-0.4, -0.2) is 11.6 Å². The van der Waals surface area contributed by atoms with Crippen molar-refractivity contribution < 1.29 is 0 Å². The van der Waals surface area contributed by atoms with E-state index >= 15 is 0 Å². The van der Waals surface area contributed by atoms with E-state index in [0.29, 0.717) is 10.0 Å². The van der Waals surface area contributed by atoms with Crippen LogP contribution in [0.5, 0.6) is 0 Å². The number of nitrogens with zero attached hydrogens (tertiary/aromatic N) is 2. The van der Waals surface area contributed by atoms with Gasteiger partial charge in [-0.1, -0.05) is 47.5 Å². The van der Waals surface area contributed by atoms with Crippen molar-refractivity contribution in [3.8, 4) is 0 Å². The molecule has 0 aromatic heterocycles. The van der Waals surface area contributed by atoms with Crippen LogP contribution in [0.15, 0.2) is 48.7 Å². The fourth-order valence-corrected chi connectivity index (χ4v) is 3.07. The van der Waals surface area contributed by atoms with E-state index in [-0.39, 0.29) is 0 Å². The van der Waals surface area contributed by atoms with E-state index in [2.05, 4.69) is 41.0 Å². The second-order valence-electron chi connectivity index (χ2n) is 5.14. The number of nitrogens with one attached hydrogen (secondary N) is 1. The minimum Gasteiger partial charge on any atom is -0.288 e.